The maximum absolute atomic E-state index is 12.9. The van der Waals surface area contributed by atoms with Crippen molar-refractivity contribution in [1.82, 2.24) is 10.2 Å². The van der Waals surface area contributed by atoms with E-state index < -0.39 is 23.8 Å². The van der Waals surface area contributed by atoms with E-state index in [1.807, 2.05) is 0 Å². The van der Waals surface area contributed by atoms with Crippen molar-refractivity contribution in [3.8, 4) is 11.5 Å². The molecule has 0 saturated carbocycles. The van der Waals surface area contributed by atoms with Gasteiger partial charge in [0.2, 0.25) is 0 Å². The number of urea groups is 1. The first kappa shape index (κ1) is 24.3. The lowest BCUT2D eigenvalue weighted by Gasteiger charge is -2.25. The number of aromatic carboxylic acids is 1. The number of hydrogen-bond acceptors (Lipinski definition) is 7. The molecule has 0 unspecified atom stereocenters. The first-order chi connectivity index (χ1) is 17.4. The first-order valence-electron chi connectivity index (χ1n) is 11.0. The number of ether oxygens (including phenoxy) is 2. The Kier molecular flexibility index (Phi) is 7.15. The summed E-state index contributed by atoms with van der Waals surface area (Å²) in [7, 11) is 0. The summed E-state index contributed by atoms with van der Waals surface area (Å²) in [6.07, 6.45) is 2.80. The summed E-state index contributed by atoms with van der Waals surface area (Å²) in [4.78, 5) is 49.4. The Morgan fingerprint density at radius 1 is 1.06 bits per heavy atom. The van der Waals surface area contributed by atoms with Crippen molar-refractivity contribution in [2.75, 3.05) is 6.61 Å². The number of imide groups is 2. The van der Waals surface area contributed by atoms with E-state index in [-0.39, 0.29) is 24.3 Å². The van der Waals surface area contributed by atoms with Gasteiger partial charge >= 0.3 is 12.0 Å². The number of carbonyl (C=O) groups excluding carboxylic acids is 3. The number of rotatable bonds is 9. The van der Waals surface area contributed by atoms with Gasteiger partial charge in [-0.3, -0.25) is 19.8 Å². The Labute approximate surface area is 205 Å². The summed E-state index contributed by atoms with van der Waals surface area (Å²) in [5, 5.41) is 11.2. The van der Waals surface area contributed by atoms with Crippen molar-refractivity contribution in [2.45, 2.75) is 20.1 Å². The quantitative estimate of drug-likeness (QED) is 0.343. The zero-order valence-corrected chi connectivity index (χ0v) is 19.2. The summed E-state index contributed by atoms with van der Waals surface area (Å²) in [6, 6.07) is 13.6. The molecule has 10 heteroatoms. The maximum atomic E-state index is 12.9. The van der Waals surface area contributed by atoms with Gasteiger partial charge in [0.25, 0.3) is 11.8 Å². The molecule has 184 valence electrons. The van der Waals surface area contributed by atoms with Crippen molar-refractivity contribution in [2.24, 2.45) is 0 Å². The molecule has 1 aliphatic heterocycles. The molecule has 0 atom stereocenters. The molecule has 1 aromatic heterocycles. The predicted molar refractivity (Wildman–Crippen MR) is 126 cm³/mol. The number of carboxylic acids is 1. The van der Waals surface area contributed by atoms with E-state index in [0.29, 0.717) is 29.4 Å². The fourth-order valence-electron chi connectivity index (χ4n) is 3.47. The fraction of sp³-hybridized carbons (Fsp3) is 0.154. The van der Waals surface area contributed by atoms with Crippen molar-refractivity contribution >= 4 is 29.9 Å². The third-order valence-corrected chi connectivity index (χ3v) is 5.25. The Bertz CT molecular complexity index is 1330. The average Bonchev–Trinajstić information content (AvgIpc) is 3.38. The SMILES string of the molecule is CCOc1cc(/C=C2\C(=O)NC(=O)N(Cc3ccco3)C2=O)ccc1OCc1ccc(C(=O)O)cc1. The van der Waals surface area contributed by atoms with Gasteiger partial charge in [-0.25, -0.2) is 9.59 Å². The molecular formula is C26H22N2O8. The lowest BCUT2D eigenvalue weighted by atomic mass is 10.1. The van der Waals surface area contributed by atoms with E-state index in [4.69, 9.17) is 19.0 Å². The fourth-order valence-corrected chi connectivity index (χ4v) is 3.47. The molecule has 4 amide bonds. The molecule has 2 heterocycles. The summed E-state index contributed by atoms with van der Waals surface area (Å²) in [5.74, 6) is -1.35. The molecule has 1 aliphatic rings. The summed E-state index contributed by atoms with van der Waals surface area (Å²) in [5.41, 5.74) is 1.22. The smallest absolute Gasteiger partial charge is 0.335 e. The van der Waals surface area contributed by atoms with Crippen LogP contribution >= 0.6 is 0 Å². The van der Waals surface area contributed by atoms with E-state index in [9.17, 15) is 19.2 Å². The van der Waals surface area contributed by atoms with Crippen LogP contribution in [0, 0.1) is 0 Å². The minimum Gasteiger partial charge on any atom is -0.490 e. The number of nitrogens with zero attached hydrogens (tertiary/aromatic N) is 1. The molecule has 0 spiro atoms. The van der Waals surface area contributed by atoms with Crippen LogP contribution in [-0.4, -0.2) is 40.4 Å². The van der Waals surface area contributed by atoms with Crippen LogP contribution in [0.15, 0.2) is 70.9 Å². The Morgan fingerprint density at radius 2 is 1.83 bits per heavy atom. The molecule has 0 aliphatic carbocycles. The van der Waals surface area contributed by atoms with Gasteiger partial charge in [-0.1, -0.05) is 18.2 Å². The molecule has 1 fully saturated rings. The van der Waals surface area contributed by atoms with Crippen molar-refractivity contribution in [1.29, 1.82) is 0 Å². The van der Waals surface area contributed by atoms with Crippen molar-refractivity contribution < 1.29 is 38.2 Å². The molecule has 10 nitrogen and oxygen atoms in total. The van der Waals surface area contributed by atoms with Gasteiger partial charge in [0.05, 0.1) is 25.0 Å². The van der Waals surface area contributed by atoms with E-state index in [1.54, 1.807) is 49.4 Å². The molecular weight excluding hydrogens is 468 g/mol. The third kappa shape index (κ3) is 5.44. The first-order valence-corrected chi connectivity index (χ1v) is 11.0. The number of carbonyl (C=O) groups is 4. The Balaban J connectivity index is 1.54. The Morgan fingerprint density at radius 3 is 2.50 bits per heavy atom. The molecule has 0 radical (unpaired) electrons. The van der Waals surface area contributed by atoms with Gasteiger partial charge in [0, 0.05) is 0 Å². The van der Waals surface area contributed by atoms with Crippen molar-refractivity contribution in [3.63, 3.8) is 0 Å². The highest BCUT2D eigenvalue weighted by Crippen LogP contribution is 2.30. The van der Waals surface area contributed by atoms with Crippen LogP contribution in [0.25, 0.3) is 6.08 Å². The molecule has 36 heavy (non-hydrogen) atoms. The highest BCUT2D eigenvalue weighted by molar-refractivity contribution is 6.30. The second-order valence-electron chi connectivity index (χ2n) is 7.72. The number of hydrogen-bond donors (Lipinski definition) is 2. The average molecular weight is 490 g/mol. The largest absolute Gasteiger partial charge is 0.490 e. The zero-order chi connectivity index (χ0) is 25.7. The van der Waals surface area contributed by atoms with E-state index in [2.05, 4.69) is 5.32 Å². The number of amides is 4. The van der Waals surface area contributed by atoms with Crippen molar-refractivity contribution in [3.05, 3.63) is 88.9 Å². The number of nitrogens with one attached hydrogen (secondary N) is 1. The van der Waals surface area contributed by atoms with Gasteiger partial charge in [0.15, 0.2) is 11.5 Å². The standard InChI is InChI=1S/C26H22N2O8/c1-2-34-22-13-17(7-10-21(22)36-15-16-5-8-18(9-6-16)25(31)32)12-20-23(29)27-26(33)28(24(20)30)14-19-4-3-11-35-19/h3-13H,2,14-15H2,1H3,(H,31,32)(H,27,29,33)/b20-12+. The second kappa shape index (κ2) is 10.6. The zero-order valence-electron chi connectivity index (χ0n) is 19.2. The number of barbiturate groups is 1. The second-order valence-corrected chi connectivity index (χ2v) is 7.72. The summed E-state index contributed by atoms with van der Waals surface area (Å²) >= 11 is 0. The van der Waals surface area contributed by atoms with Crippen LogP contribution in [0.5, 0.6) is 11.5 Å². The minimum absolute atomic E-state index is 0.118. The van der Waals surface area contributed by atoms with Crippen LogP contribution in [0.3, 0.4) is 0 Å². The molecule has 1 saturated heterocycles. The van der Waals surface area contributed by atoms with Crippen LogP contribution in [0.4, 0.5) is 4.79 Å². The van der Waals surface area contributed by atoms with Crippen LogP contribution in [-0.2, 0) is 22.7 Å². The lowest BCUT2D eigenvalue weighted by Crippen LogP contribution is -2.53. The molecule has 2 N–H and O–H groups in total. The molecule has 4 rings (SSSR count). The van der Waals surface area contributed by atoms with E-state index in [0.717, 1.165) is 10.5 Å². The third-order valence-electron chi connectivity index (χ3n) is 5.25. The van der Waals surface area contributed by atoms with E-state index in [1.165, 1.54) is 24.5 Å². The molecule has 3 aromatic rings. The number of carboxylic acid groups (broad SMARTS) is 1. The summed E-state index contributed by atoms with van der Waals surface area (Å²) < 4.78 is 16.7. The van der Waals surface area contributed by atoms with E-state index >= 15 is 0 Å². The summed E-state index contributed by atoms with van der Waals surface area (Å²) in [6.45, 7) is 2.20. The lowest BCUT2D eigenvalue weighted by molar-refractivity contribution is -0.130. The van der Waals surface area contributed by atoms with Gasteiger partial charge in [-0.05, 0) is 60.5 Å². The topological polar surface area (TPSA) is 135 Å². The minimum atomic E-state index is -1.01. The van der Waals surface area contributed by atoms with Gasteiger partial charge in [-0.2, -0.15) is 0 Å². The Hall–Kier alpha value is -4.86. The highest BCUT2D eigenvalue weighted by atomic mass is 16.5. The van der Waals surface area contributed by atoms with Crippen LogP contribution < -0.4 is 14.8 Å². The predicted octanol–water partition coefficient (Wildman–Crippen LogP) is 3.62. The maximum Gasteiger partial charge on any atom is 0.335 e. The molecule has 2 aromatic carbocycles. The normalized spacial score (nSPS) is 14.6. The van der Waals surface area contributed by atoms with Crippen LogP contribution in [0.2, 0.25) is 0 Å². The van der Waals surface area contributed by atoms with Gasteiger partial charge in [0.1, 0.15) is 17.9 Å². The molecule has 0 bridgehead atoms. The monoisotopic (exact) mass is 490 g/mol. The van der Waals surface area contributed by atoms with Crippen LogP contribution in [0.1, 0.15) is 34.2 Å². The van der Waals surface area contributed by atoms with Gasteiger partial charge in [-0.15, -0.1) is 0 Å². The number of benzene rings is 2. The number of furan rings is 1. The highest BCUT2D eigenvalue weighted by Gasteiger charge is 2.36. The van der Waals surface area contributed by atoms with Gasteiger partial charge < -0.3 is 19.0 Å².